The smallest absolute Gasteiger partial charge is 0.386 e. The summed E-state index contributed by atoms with van der Waals surface area (Å²) >= 11 is 0. The van der Waals surface area contributed by atoms with E-state index in [9.17, 15) is 27.6 Å². The minimum absolute atomic E-state index is 0.00887. The molecule has 3 aromatic rings. The maximum atomic E-state index is 15.1. The van der Waals surface area contributed by atoms with Crippen molar-refractivity contribution in [3.05, 3.63) is 88.7 Å². The normalized spacial score (nSPS) is 16.3. The number of amides is 2. The fourth-order valence-electron chi connectivity index (χ4n) is 5.66. The van der Waals surface area contributed by atoms with E-state index in [1.807, 2.05) is 11.0 Å². The zero-order valence-corrected chi connectivity index (χ0v) is 23.3. The summed E-state index contributed by atoms with van der Waals surface area (Å²) < 4.78 is 54.5. The monoisotopic (exact) mass is 593 g/mol. The number of halogens is 4. The number of alkyl halides is 3. The highest BCUT2D eigenvalue weighted by molar-refractivity contribution is 6.11. The van der Waals surface area contributed by atoms with Crippen LogP contribution in [0.1, 0.15) is 40.4 Å². The molecule has 0 bridgehead atoms. The van der Waals surface area contributed by atoms with Gasteiger partial charge in [0.2, 0.25) is 5.91 Å². The molecule has 0 unspecified atom stereocenters. The minimum Gasteiger partial charge on any atom is -0.386 e. The molecule has 222 valence electrons. The molecule has 2 fully saturated rings. The number of benzene rings is 3. The molecule has 0 saturated carbocycles. The molecule has 5 rings (SSSR count). The van der Waals surface area contributed by atoms with Crippen molar-refractivity contribution in [2.45, 2.75) is 31.6 Å². The number of rotatable bonds is 7. The van der Waals surface area contributed by atoms with E-state index < -0.39 is 41.5 Å². The molecule has 0 aliphatic carbocycles. The van der Waals surface area contributed by atoms with Crippen LogP contribution >= 0.6 is 0 Å². The van der Waals surface area contributed by atoms with Gasteiger partial charge < -0.3 is 15.1 Å². The third-order valence-corrected chi connectivity index (χ3v) is 7.90. The van der Waals surface area contributed by atoms with Crippen LogP contribution in [0.15, 0.2) is 60.7 Å². The van der Waals surface area contributed by atoms with Crippen molar-refractivity contribution >= 4 is 34.7 Å². The molecule has 2 aliphatic rings. The van der Waals surface area contributed by atoms with Crippen LogP contribution in [0.25, 0.3) is 0 Å². The molecule has 12 heteroatoms. The zero-order chi connectivity index (χ0) is 31.1. The number of nitrogens with one attached hydrogen (secondary N) is 1. The molecule has 0 radical (unpaired) electrons. The summed E-state index contributed by atoms with van der Waals surface area (Å²) in [7, 11) is 1.67. The van der Waals surface area contributed by atoms with E-state index in [0.717, 1.165) is 23.1 Å². The van der Waals surface area contributed by atoms with E-state index in [1.54, 1.807) is 32.2 Å². The van der Waals surface area contributed by atoms with Crippen LogP contribution in [0.4, 0.5) is 34.6 Å². The predicted molar refractivity (Wildman–Crippen MR) is 151 cm³/mol. The lowest BCUT2D eigenvalue weighted by atomic mass is 9.82. The topological polar surface area (TPSA) is 96.7 Å². The summed E-state index contributed by atoms with van der Waals surface area (Å²) in [4.78, 5) is 44.6. The van der Waals surface area contributed by atoms with Crippen LogP contribution < -0.4 is 15.1 Å². The third-order valence-electron chi connectivity index (χ3n) is 7.90. The van der Waals surface area contributed by atoms with Gasteiger partial charge in [0.15, 0.2) is 11.3 Å². The van der Waals surface area contributed by atoms with Gasteiger partial charge in [-0.2, -0.15) is 18.4 Å². The Labute approximate surface area is 245 Å². The van der Waals surface area contributed by atoms with Crippen LogP contribution in [0, 0.1) is 17.1 Å². The van der Waals surface area contributed by atoms with E-state index in [1.165, 1.54) is 29.2 Å². The first kappa shape index (κ1) is 29.6. The minimum atomic E-state index is -4.53. The fourth-order valence-corrected chi connectivity index (χ4v) is 5.66. The highest BCUT2D eigenvalue weighted by Gasteiger charge is 2.60. The lowest BCUT2D eigenvalue weighted by Gasteiger charge is -2.59. The molecule has 0 atom stereocenters. The maximum absolute atomic E-state index is 15.1. The van der Waals surface area contributed by atoms with E-state index in [-0.39, 0.29) is 43.1 Å². The van der Waals surface area contributed by atoms with Crippen molar-refractivity contribution in [1.29, 1.82) is 5.26 Å². The van der Waals surface area contributed by atoms with Gasteiger partial charge in [-0.3, -0.25) is 19.3 Å². The number of hydrogen-bond donors (Lipinski definition) is 1. The number of piperazine rings is 1. The summed E-state index contributed by atoms with van der Waals surface area (Å²) in [5, 5.41) is 12.2. The van der Waals surface area contributed by atoms with Crippen molar-refractivity contribution in [1.82, 2.24) is 4.90 Å². The second-order valence-electron chi connectivity index (χ2n) is 10.5. The number of nitrogens with zero attached hydrogens (tertiary/aromatic N) is 4. The molecule has 1 N–H and O–H groups in total. The van der Waals surface area contributed by atoms with E-state index in [0.29, 0.717) is 22.5 Å². The van der Waals surface area contributed by atoms with Crippen molar-refractivity contribution in [3.63, 3.8) is 0 Å². The summed E-state index contributed by atoms with van der Waals surface area (Å²) in [6.45, 7) is 1.09. The number of anilines is 3. The fraction of sp³-hybridized carbons (Fsp3) is 0.290. The summed E-state index contributed by atoms with van der Waals surface area (Å²) in [5.41, 5.74) is -0.387. The van der Waals surface area contributed by atoms with Crippen LogP contribution in [-0.2, 0) is 22.3 Å². The molecular formula is C31H27F4N5O3. The van der Waals surface area contributed by atoms with Crippen LogP contribution in [0.5, 0.6) is 0 Å². The van der Waals surface area contributed by atoms with Gasteiger partial charge in [0, 0.05) is 25.6 Å². The van der Waals surface area contributed by atoms with Gasteiger partial charge >= 0.3 is 6.18 Å². The average Bonchev–Trinajstić information content (AvgIpc) is 2.97. The molecule has 1 spiro atoms. The number of hydrogen-bond acceptors (Lipinski definition) is 6. The number of carbonyl (C=O) groups excluding carboxylic acids is 3. The number of carbonyl (C=O) groups is 3. The maximum Gasteiger partial charge on any atom is 0.416 e. The Hall–Kier alpha value is -4.92. The second-order valence-corrected chi connectivity index (χ2v) is 10.5. The number of nitriles is 1. The Morgan fingerprint density at radius 2 is 1.74 bits per heavy atom. The molecule has 2 amide bonds. The standard InChI is InChI=1S/C31H27F4N5O3/c1-3-26(41)22-5-4-6-25(28(22)37-2)38-17-30(18-38)29(43)39(24-12-9-20(14-36)13-23(24)32)16-27(42)40(30)15-19-7-10-21(11-8-19)31(33,34)35/h4-13,37H,3,15-18H2,1-2H3. The Kier molecular flexibility index (Phi) is 7.60. The molecule has 8 nitrogen and oxygen atoms in total. The number of para-hydroxylation sites is 1. The molecule has 43 heavy (non-hydrogen) atoms. The molecular weight excluding hydrogens is 566 g/mol. The molecule has 2 saturated heterocycles. The van der Waals surface area contributed by atoms with Gasteiger partial charge in [-0.25, -0.2) is 4.39 Å². The van der Waals surface area contributed by atoms with Crippen molar-refractivity contribution in [3.8, 4) is 6.07 Å². The van der Waals surface area contributed by atoms with Crippen molar-refractivity contribution < 1.29 is 31.9 Å². The number of ketones is 1. The summed E-state index contributed by atoms with van der Waals surface area (Å²) in [5.74, 6) is -2.01. The van der Waals surface area contributed by atoms with E-state index in [2.05, 4.69) is 5.32 Å². The van der Waals surface area contributed by atoms with Crippen LogP contribution in [-0.4, -0.2) is 54.7 Å². The second kappa shape index (κ2) is 11.1. The van der Waals surface area contributed by atoms with Crippen LogP contribution in [0.3, 0.4) is 0 Å². The molecule has 3 aromatic carbocycles. The summed E-state index contributed by atoms with van der Waals surface area (Å²) in [6.07, 6.45) is -4.25. The largest absolute Gasteiger partial charge is 0.416 e. The van der Waals surface area contributed by atoms with Gasteiger partial charge in [-0.1, -0.05) is 25.1 Å². The van der Waals surface area contributed by atoms with E-state index >= 15 is 4.39 Å². The van der Waals surface area contributed by atoms with Gasteiger partial charge in [0.1, 0.15) is 12.4 Å². The Bertz CT molecular complexity index is 1640. The first-order valence-electron chi connectivity index (χ1n) is 13.5. The Balaban J connectivity index is 1.53. The van der Waals surface area contributed by atoms with Crippen LogP contribution in [0.2, 0.25) is 0 Å². The zero-order valence-electron chi connectivity index (χ0n) is 23.3. The lowest BCUT2D eigenvalue weighted by Crippen LogP contribution is -2.81. The van der Waals surface area contributed by atoms with Gasteiger partial charge in [-0.05, 0) is 48.0 Å². The van der Waals surface area contributed by atoms with Crippen molar-refractivity contribution in [2.24, 2.45) is 0 Å². The first-order chi connectivity index (χ1) is 20.4. The lowest BCUT2D eigenvalue weighted by molar-refractivity contribution is -0.153. The third kappa shape index (κ3) is 5.16. The van der Waals surface area contributed by atoms with Gasteiger partial charge in [-0.15, -0.1) is 0 Å². The van der Waals surface area contributed by atoms with Gasteiger partial charge in [0.05, 0.1) is 47.3 Å². The number of Topliss-reactive ketones (excluding diaryl/α,β-unsaturated/α-hetero) is 1. The van der Waals surface area contributed by atoms with Crippen molar-refractivity contribution in [2.75, 3.05) is 41.8 Å². The first-order valence-corrected chi connectivity index (χ1v) is 13.5. The summed E-state index contributed by atoms with van der Waals surface area (Å²) in [6, 6.07) is 15.0. The molecule has 2 aliphatic heterocycles. The van der Waals surface area contributed by atoms with E-state index in [4.69, 9.17) is 5.26 Å². The Morgan fingerprint density at radius 3 is 2.33 bits per heavy atom. The average molecular weight is 594 g/mol. The predicted octanol–water partition coefficient (Wildman–Crippen LogP) is 4.98. The Morgan fingerprint density at radius 1 is 1.05 bits per heavy atom. The molecule has 2 heterocycles. The quantitative estimate of drug-likeness (QED) is 0.307. The highest BCUT2D eigenvalue weighted by atomic mass is 19.4. The highest BCUT2D eigenvalue weighted by Crippen LogP contribution is 2.42. The van der Waals surface area contributed by atoms with Gasteiger partial charge in [0.25, 0.3) is 5.91 Å². The SMILES string of the molecule is CCC(=O)c1cccc(N2CC3(C2)C(=O)N(c2ccc(C#N)cc2F)CC(=O)N3Cc2ccc(C(F)(F)F)cc2)c1NC. The molecule has 0 aromatic heterocycles.